The molecule has 0 saturated heterocycles. The lowest BCUT2D eigenvalue weighted by Gasteiger charge is -2.13. The van der Waals surface area contributed by atoms with E-state index in [9.17, 15) is 9.59 Å². The predicted octanol–water partition coefficient (Wildman–Crippen LogP) is 2.25. The highest BCUT2D eigenvalue weighted by atomic mass is 16.5. The summed E-state index contributed by atoms with van der Waals surface area (Å²) >= 11 is 0. The molecule has 0 amide bonds. The summed E-state index contributed by atoms with van der Waals surface area (Å²) in [6, 6.07) is 1.75. The van der Waals surface area contributed by atoms with Crippen LogP contribution in [0.4, 0.5) is 0 Å². The number of hydrogen-bond donors (Lipinski definition) is 0. The van der Waals surface area contributed by atoms with Crippen LogP contribution in [0.15, 0.2) is 23.0 Å². The first-order valence-corrected chi connectivity index (χ1v) is 4.84. The number of esters is 1. The number of carbonyl (C=O) groups excluding carboxylic acids is 2. The summed E-state index contributed by atoms with van der Waals surface area (Å²) in [7, 11) is 0. The Hall–Kier alpha value is -1.58. The van der Waals surface area contributed by atoms with Crippen LogP contribution in [-0.2, 0) is 14.3 Å². The fourth-order valence-corrected chi connectivity index (χ4v) is 1.25. The fourth-order valence-electron chi connectivity index (χ4n) is 1.25. The number of Topliss-reactive ketones (excluding diaryl/α,β-unsaturated/α-hetero) is 1. The SMILES string of the molecule is CCC(OC(=O)CC(C)=O)c1ccoc1. The molecule has 4 nitrogen and oxygen atoms in total. The van der Waals surface area contributed by atoms with Crippen LogP contribution < -0.4 is 0 Å². The summed E-state index contributed by atoms with van der Waals surface area (Å²) in [5.74, 6) is -0.683. The largest absolute Gasteiger partial charge is 0.472 e. The van der Waals surface area contributed by atoms with Crippen LogP contribution in [0.25, 0.3) is 0 Å². The summed E-state index contributed by atoms with van der Waals surface area (Å²) in [6.07, 6.45) is 3.22. The lowest BCUT2D eigenvalue weighted by molar-refractivity contribution is -0.151. The van der Waals surface area contributed by atoms with Gasteiger partial charge in [0, 0.05) is 5.56 Å². The molecule has 15 heavy (non-hydrogen) atoms. The third kappa shape index (κ3) is 3.58. The minimum Gasteiger partial charge on any atom is -0.472 e. The lowest BCUT2D eigenvalue weighted by atomic mass is 10.1. The molecule has 0 saturated carbocycles. The van der Waals surface area contributed by atoms with Crippen LogP contribution in [0, 0.1) is 0 Å². The van der Waals surface area contributed by atoms with Crippen molar-refractivity contribution in [1.82, 2.24) is 0 Å². The molecule has 1 atom stereocenters. The van der Waals surface area contributed by atoms with Crippen LogP contribution >= 0.6 is 0 Å². The number of hydrogen-bond acceptors (Lipinski definition) is 4. The van der Waals surface area contributed by atoms with E-state index in [1.807, 2.05) is 6.92 Å². The zero-order valence-electron chi connectivity index (χ0n) is 8.86. The van der Waals surface area contributed by atoms with Gasteiger partial charge in [-0.2, -0.15) is 0 Å². The van der Waals surface area contributed by atoms with E-state index >= 15 is 0 Å². The van der Waals surface area contributed by atoms with Gasteiger partial charge in [-0.1, -0.05) is 6.92 Å². The Labute approximate surface area is 88.2 Å². The third-order valence-corrected chi connectivity index (χ3v) is 1.95. The highest BCUT2D eigenvalue weighted by Gasteiger charge is 2.16. The van der Waals surface area contributed by atoms with Gasteiger partial charge in [0.1, 0.15) is 18.3 Å². The van der Waals surface area contributed by atoms with Crippen molar-refractivity contribution < 1.29 is 18.7 Å². The number of carbonyl (C=O) groups is 2. The van der Waals surface area contributed by atoms with Gasteiger partial charge in [-0.05, 0) is 19.4 Å². The van der Waals surface area contributed by atoms with Crippen LogP contribution in [0.2, 0.25) is 0 Å². The Morgan fingerprint density at radius 3 is 2.73 bits per heavy atom. The molecule has 82 valence electrons. The Morgan fingerprint density at radius 1 is 1.53 bits per heavy atom. The second-order valence-electron chi connectivity index (χ2n) is 3.32. The maximum absolute atomic E-state index is 11.2. The lowest BCUT2D eigenvalue weighted by Crippen LogP contribution is -2.13. The third-order valence-electron chi connectivity index (χ3n) is 1.95. The number of ketones is 1. The smallest absolute Gasteiger partial charge is 0.313 e. The zero-order valence-corrected chi connectivity index (χ0v) is 8.86. The van der Waals surface area contributed by atoms with Gasteiger partial charge in [-0.15, -0.1) is 0 Å². The van der Waals surface area contributed by atoms with Crippen molar-refractivity contribution in [3.63, 3.8) is 0 Å². The van der Waals surface area contributed by atoms with Gasteiger partial charge in [0.05, 0.1) is 12.5 Å². The Bertz CT molecular complexity index is 326. The molecule has 0 fully saturated rings. The molecule has 1 rings (SSSR count). The highest BCUT2D eigenvalue weighted by molar-refractivity contribution is 5.94. The van der Waals surface area contributed by atoms with Crippen molar-refractivity contribution in [2.75, 3.05) is 0 Å². The summed E-state index contributed by atoms with van der Waals surface area (Å²) in [6.45, 7) is 3.26. The van der Waals surface area contributed by atoms with Crippen molar-refractivity contribution in [2.24, 2.45) is 0 Å². The molecule has 1 unspecified atom stereocenters. The van der Waals surface area contributed by atoms with Crippen LogP contribution in [0.5, 0.6) is 0 Å². The molecule has 0 aromatic carbocycles. The Morgan fingerprint density at radius 2 is 2.27 bits per heavy atom. The molecule has 1 aromatic heterocycles. The second-order valence-corrected chi connectivity index (χ2v) is 3.32. The van der Waals surface area contributed by atoms with Crippen LogP contribution in [0.3, 0.4) is 0 Å². The molecule has 1 heterocycles. The van der Waals surface area contributed by atoms with E-state index < -0.39 is 5.97 Å². The summed E-state index contributed by atoms with van der Waals surface area (Å²) in [5, 5.41) is 0. The molecule has 0 spiro atoms. The standard InChI is InChI=1S/C11H14O4/c1-3-10(9-4-5-14-7-9)15-11(13)6-8(2)12/h4-5,7,10H,3,6H2,1-2H3. The molecular formula is C11H14O4. The fraction of sp³-hybridized carbons (Fsp3) is 0.455. The highest BCUT2D eigenvalue weighted by Crippen LogP contribution is 2.21. The van der Waals surface area contributed by atoms with E-state index in [0.717, 1.165) is 5.56 Å². The average Bonchev–Trinajstić information content (AvgIpc) is 2.65. The summed E-state index contributed by atoms with van der Waals surface area (Å²) in [5.41, 5.74) is 0.814. The Balaban J connectivity index is 2.54. The maximum atomic E-state index is 11.2. The quantitative estimate of drug-likeness (QED) is 0.552. The van der Waals surface area contributed by atoms with Gasteiger partial charge < -0.3 is 9.15 Å². The van der Waals surface area contributed by atoms with Crippen molar-refractivity contribution in [3.05, 3.63) is 24.2 Å². The van der Waals surface area contributed by atoms with Crippen molar-refractivity contribution in [1.29, 1.82) is 0 Å². The summed E-state index contributed by atoms with van der Waals surface area (Å²) in [4.78, 5) is 21.9. The topological polar surface area (TPSA) is 56.5 Å². The van der Waals surface area contributed by atoms with Crippen molar-refractivity contribution in [3.8, 4) is 0 Å². The molecule has 0 bridgehead atoms. The minimum absolute atomic E-state index is 0.172. The normalized spacial score (nSPS) is 12.1. The molecule has 0 N–H and O–H groups in total. The van der Waals surface area contributed by atoms with Gasteiger partial charge in [0.15, 0.2) is 0 Å². The van der Waals surface area contributed by atoms with E-state index in [1.54, 1.807) is 6.07 Å². The zero-order chi connectivity index (χ0) is 11.3. The first-order chi connectivity index (χ1) is 7.13. The van der Waals surface area contributed by atoms with Gasteiger partial charge in [0.25, 0.3) is 0 Å². The number of furan rings is 1. The Kier molecular flexibility index (Phi) is 4.09. The molecule has 0 aliphatic heterocycles. The first kappa shape index (κ1) is 11.5. The average molecular weight is 210 g/mol. The van der Waals surface area contributed by atoms with Gasteiger partial charge in [-0.3, -0.25) is 9.59 Å². The molecule has 0 radical (unpaired) electrons. The van der Waals surface area contributed by atoms with E-state index in [-0.39, 0.29) is 18.3 Å². The number of ether oxygens (including phenoxy) is 1. The van der Waals surface area contributed by atoms with Gasteiger partial charge >= 0.3 is 5.97 Å². The van der Waals surface area contributed by atoms with E-state index in [2.05, 4.69) is 0 Å². The van der Waals surface area contributed by atoms with E-state index in [0.29, 0.717) is 6.42 Å². The maximum Gasteiger partial charge on any atom is 0.313 e. The predicted molar refractivity (Wildman–Crippen MR) is 53.1 cm³/mol. The summed E-state index contributed by atoms with van der Waals surface area (Å²) < 4.78 is 10.0. The minimum atomic E-state index is -0.490. The van der Waals surface area contributed by atoms with Crippen LogP contribution in [-0.4, -0.2) is 11.8 Å². The number of rotatable bonds is 5. The first-order valence-electron chi connectivity index (χ1n) is 4.84. The van der Waals surface area contributed by atoms with Crippen molar-refractivity contribution in [2.45, 2.75) is 32.8 Å². The second kappa shape index (κ2) is 5.34. The van der Waals surface area contributed by atoms with E-state index in [1.165, 1.54) is 19.5 Å². The molecular weight excluding hydrogens is 196 g/mol. The molecule has 0 aliphatic carbocycles. The molecule has 1 aromatic rings. The molecule has 4 heteroatoms. The monoisotopic (exact) mass is 210 g/mol. The van der Waals surface area contributed by atoms with Crippen molar-refractivity contribution >= 4 is 11.8 Å². The van der Waals surface area contributed by atoms with Crippen LogP contribution in [0.1, 0.15) is 38.4 Å². The van der Waals surface area contributed by atoms with Gasteiger partial charge in [-0.25, -0.2) is 0 Å². The van der Waals surface area contributed by atoms with Gasteiger partial charge in [0.2, 0.25) is 0 Å². The van der Waals surface area contributed by atoms with E-state index in [4.69, 9.17) is 9.15 Å². The molecule has 0 aliphatic rings.